The van der Waals surface area contributed by atoms with Gasteiger partial charge in [-0.25, -0.2) is 4.98 Å². The van der Waals surface area contributed by atoms with Crippen molar-refractivity contribution in [1.82, 2.24) is 9.38 Å². The van der Waals surface area contributed by atoms with Gasteiger partial charge in [0, 0.05) is 11.1 Å². The van der Waals surface area contributed by atoms with Gasteiger partial charge in [-0.2, -0.15) is 5.10 Å². The summed E-state index contributed by atoms with van der Waals surface area (Å²) in [7, 11) is 0. The molecule has 2 heterocycles. The number of hydrogen-bond donors (Lipinski definition) is 0. The lowest BCUT2D eigenvalue weighted by Gasteiger charge is -2.19. The van der Waals surface area contributed by atoms with Gasteiger partial charge in [0.05, 0.1) is 29.8 Å². The summed E-state index contributed by atoms with van der Waals surface area (Å²) in [5.74, 6) is 0. The molecule has 4 aromatic rings. The summed E-state index contributed by atoms with van der Waals surface area (Å²) in [6, 6.07) is 20.6. The van der Waals surface area contributed by atoms with Crippen molar-refractivity contribution < 1.29 is 0 Å². The average Bonchev–Trinajstić information content (AvgIpc) is 3.19. The molecule has 0 radical (unpaired) electrons. The number of anilines is 1. The van der Waals surface area contributed by atoms with Crippen LogP contribution in [0.4, 0.5) is 5.69 Å². The van der Waals surface area contributed by atoms with Crippen molar-refractivity contribution in [3.63, 3.8) is 0 Å². The summed E-state index contributed by atoms with van der Waals surface area (Å²) in [4.78, 5) is 5.65. The number of hydrogen-bond acceptors (Lipinski definition) is 4. The molecule has 0 unspecified atom stereocenters. The predicted molar refractivity (Wildman–Crippen MR) is 109 cm³/mol. The third-order valence-corrected chi connectivity index (χ3v) is 5.25. The second kappa shape index (κ2) is 7.14. The molecule has 4 nitrogen and oxygen atoms in total. The lowest BCUT2D eigenvalue weighted by Crippen LogP contribution is -2.16. The molecule has 2 aromatic heterocycles. The Balaban J connectivity index is 1.71. The van der Waals surface area contributed by atoms with E-state index in [1.807, 2.05) is 42.4 Å². The molecule has 130 valence electrons. The van der Waals surface area contributed by atoms with Crippen LogP contribution in [0, 0.1) is 13.8 Å². The van der Waals surface area contributed by atoms with Crippen LogP contribution in [-0.2, 0) is 6.54 Å². The number of rotatable bonds is 5. The number of imidazole rings is 1. The van der Waals surface area contributed by atoms with E-state index in [0.29, 0.717) is 6.54 Å². The van der Waals surface area contributed by atoms with Crippen molar-refractivity contribution in [2.45, 2.75) is 20.4 Å². The van der Waals surface area contributed by atoms with Gasteiger partial charge in [0.15, 0.2) is 4.96 Å². The molecule has 4 rings (SSSR count). The van der Waals surface area contributed by atoms with E-state index < -0.39 is 0 Å². The number of para-hydroxylation sites is 1. The molecule has 5 heteroatoms. The molecule has 2 aromatic carbocycles. The number of benzene rings is 2. The van der Waals surface area contributed by atoms with Crippen molar-refractivity contribution in [3.05, 3.63) is 88.7 Å². The fraction of sp³-hybridized carbons (Fsp3) is 0.143. The van der Waals surface area contributed by atoms with Gasteiger partial charge in [0.1, 0.15) is 0 Å². The first kappa shape index (κ1) is 16.5. The number of aromatic nitrogens is 2. The topological polar surface area (TPSA) is 32.9 Å². The van der Waals surface area contributed by atoms with Crippen LogP contribution < -0.4 is 5.01 Å². The fourth-order valence-corrected chi connectivity index (χ4v) is 3.88. The number of aryl methyl sites for hydroxylation is 2. The first-order valence-electron chi connectivity index (χ1n) is 8.56. The molecular formula is C21H20N4S. The first-order valence-corrected chi connectivity index (χ1v) is 9.44. The molecule has 0 bridgehead atoms. The largest absolute Gasteiger partial charge is 0.286 e. The second-order valence-corrected chi connectivity index (χ2v) is 7.04. The fourth-order valence-electron chi connectivity index (χ4n) is 2.96. The maximum absolute atomic E-state index is 4.82. The third kappa shape index (κ3) is 3.26. The SMILES string of the molecule is Cc1nc2scc(C)n2c1/C=N\N(Cc1ccccc1)c1ccccc1. The van der Waals surface area contributed by atoms with E-state index in [1.165, 1.54) is 11.3 Å². The van der Waals surface area contributed by atoms with Gasteiger partial charge < -0.3 is 0 Å². The number of fused-ring (bicyclic) bond motifs is 1. The monoisotopic (exact) mass is 360 g/mol. The molecule has 0 atom stereocenters. The van der Waals surface area contributed by atoms with Crippen molar-refractivity contribution >= 4 is 28.2 Å². The Kier molecular flexibility index (Phi) is 4.54. The molecule has 0 spiro atoms. The van der Waals surface area contributed by atoms with Crippen LogP contribution in [0.2, 0.25) is 0 Å². The van der Waals surface area contributed by atoms with Gasteiger partial charge in [-0.15, -0.1) is 11.3 Å². The van der Waals surface area contributed by atoms with Gasteiger partial charge in [-0.1, -0.05) is 48.5 Å². The van der Waals surface area contributed by atoms with E-state index in [1.54, 1.807) is 11.3 Å². The maximum Gasteiger partial charge on any atom is 0.194 e. The Morgan fingerprint density at radius 1 is 1.04 bits per heavy atom. The van der Waals surface area contributed by atoms with E-state index in [9.17, 15) is 0 Å². The number of thiazole rings is 1. The minimum Gasteiger partial charge on any atom is -0.286 e. The van der Waals surface area contributed by atoms with Crippen LogP contribution >= 0.6 is 11.3 Å². The van der Waals surface area contributed by atoms with Crippen LogP contribution in [0.3, 0.4) is 0 Å². The quantitative estimate of drug-likeness (QED) is 0.368. The smallest absolute Gasteiger partial charge is 0.194 e. The van der Waals surface area contributed by atoms with E-state index in [2.05, 4.69) is 58.1 Å². The van der Waals surface area contributed by atoms with Crippen molar-refractivity contribution in [2.75, 3.05) is 5.01 Å². The molecule has 26 heavy (non-hydrogen) atoms. The van der Waals surface area contributed by atoms with Crippen LogP contribution in [0.15, 0.2) is 71.1 Å². The van der Waals surface area contributed by atoms with Crippen molar-refractivity contribution in [2.24, 2.45) is 5.10 Å². The lowest BCUT2D eigenvalue weighted by atomic mass is 10.2. The molecule has 0 saturated heterocycles. The zero-order valence-electron chi connectivity index (χ0n) is 14.8. The van der Waals surface area contributed by atoms with Gasteiger partial charge in [0.25, 0.3) is 0 Å². The van der Waals surface area contributed by atoms with Gasteiger partial charge in [-0.05, 0) is 31.5 Å². The average molecular weight is 360 g/mol. The molecular weight excluding hydrogens is 340 g/mol. The first-order chi connectivity index (χ1) is 12.7. The zero-order valence-corrected chi connectivity index (χ0v) is 15.6. The highest BCUT2D eigenvalue weighted by atomic mass is 32.1. The predicted octanol–water partition coefficient (Wildman–Crippen LogP) is 5.05. The molecule has 0 amide bonds. The molecule has 0 aliphatic heterocycles. The van der Waals surface area contributed by atoms with Crippen LogP contribution in [0.5, 0.6) is 0 Å². The molecule has 0 aliphatic rings. The van der Waals surface area contributed by atoms with Crippen molar-refractivity contribution in [1.29, 1.82) is 0 Å². The normalized spacial score (nSPS) is 11.5. The standard InChI is InChI=1S/C21H20N4S/c1-16-15-26-21-23-17(2)20(25(16)21)13-22-24(19-11-7-4-8-12-19)14-18-9-5-3-6-10-18/h3-13,15H,14H2,1-2H3/b22-13-. The summed E-state index contributed by atoms with van der Waals surface area (Å²) in [5.41, 5.74) is 5.49. The Morgan fingerprint density at radius 3 is 2.46 bits per heavy atom. The summed E-state index contributed by atoms with van der Waals surface area (Å²) in [6.45, 7) is 4.84. The third-order valence-electron chi connectivity index (χ3n) is 4.30. The highest BCUT2D eigenvalue weighted by Crippen LogP contribution is 2.21. The van der Waals surface area contributed by atoms with Crippen LogP contribution in [0.25, 0.3) is 4.96 Å². The second-order valence-electron chi connectivity index (χ2n) is 6.20. The Hall–Kier alpha value is -2.92. The Labute approximate surface area is 157 Å². The number of nitrogens with zero attached hydrogens (tertiary/aromatic N) is 4. The van der Waals surface area contributed by atoms with E-state index in [-0.39, 0.29) is 0 Å². The minimum absolute atomic E-state index is 0.713. The summed E-state index contributed by atoms with van der Waals surface area (Å²) in [6.07, 6.45) is 1.92. The Bertz CT molecular complexity index is 1030. The highest BCUT2D eigenvalue weighted by Gasteiger charge is 2.11. The highest BCUT2D eigenvalue weighted by molar-refractivity contribution is 7.15. The number of hydrazone groups is 1. The minimum atomic E-state index is 0.713. The Morgan fingerprint density at radius 2 is 1.73 bits per heavy atom. The van der Waals surface area contributed by atoms with E-state index in [4.69, 9.17) is 5.10 Å². The van der Waals surface area contributed by atoms with Gasteiger partial charge in [0.2, 0.25) is 0 Å². The maximum atomic E-state index is 4.82. The van der Waals surface area contributed by atoms with Gasteiger partial charge >= 0.3 is 0 Å². The molecule has 0 aliphatic carbocycles. The zero-order chi connectivity index (χ0) is 17.9. The molecule has 0 saturated carbocycles. The summed E-state index contributed by atoms with van der Waals surface area (Å²) in [5, 5.41) is 8.96. The van der Waals surface area contributed by atoms with Crippen LogP contribution in [-0.4, -0.2) is 15.6 Å². The summed E-state index contributed by atoms with van der Waals surface area (Å²) >= 11 is 1.66. The molecule has 0 N–H and O–H groups in total. The molecule has 0 fully saturated rings. The van der Waals surface area contributed by atoms with E-state index >= 15 is 0 Å². The van der Waals surface area contributed by atoms with Gasteiger partial charge in [-0.3, -0.25) is 9.41 Å². The lowest BCUT2D eigenvalue weighted by molar-refractivity contribution is 0.857. The summed E-state index contributed by atoms with van der Waals surface area (Å²) < 4.78 is 2.16. The van der Waals surface area contributed by atoms with Crippen LogP contribution in [0.1, 0.15) is 22.6 Å². The van der Waals surface area contributed by atoms with Crippen molar-refractivity contribution in [3.8, 4) is 0 Å². The van der Waals surface area contributed by atoms with E-state index in [0.717, 1.165) is 22.0 Å².